The molecule has 1 aromatic heterocycles. The summed E-state index contributed by atoms with van der Waals surface area (Å²) < 4.78 is 0. The zero-order chi connectivity index (χ0) is 14.5. The molecule has 0 aromatic carbocycles. The molecule has 0 bridgehead atoms. The highest BCUT2D eigenvalue weighted by Crippen LogP contribution is 2.18. The van der Waals surface area contributed by atoms with E-state index in [0.717, 1.165) is 25.9 Å². The molecule has 2 heterocycles. The van der Waals surface area contributed by atoms with Crippen LogP contribution in [0.3, 0.4) is 0 Å². The molecular weight excluding hydrogens is 252 g/mol. The van der Waals surface area contributed by atoms with Gasteiger partial charge in [0.05, 0.1) is 5.56 Å². The number of carbonyl (C=O) groups is 1. The maximum atomic E-state index is 12.7. The van der Waals surface area contributed by atoms with Gasteiger partial charge >= 0.3 is 0 Å². The summed E-state index contributed by atoms with van der Waals surface area (Å²) >= 11 is 0. The standard InChI is InChI=1S/C15H24N4O/c1-11(2)18-14-13(7-4-8-17-14)15(20)19-9-5-6-12(10-19)16-3/h4,7-8,11-12,16H,5-6,9-10H2,1-3H3,(H,17,18)/t12-/m1/s1. The van der Waals surface area contributed by atoms with Gasteiger partial charge in [-0.1, -0.05) is 0 Å². The Balaban J connectivity index is 2.16. The second-order valence-electron chi connectivity index (χ2n) is 5.58. The van der Waals surface area contributed by atoms with Gasteiger partial charge < -0.3 is 15.5 Å². The largest absolute Gasteiger partial charge is 0.367 e. The molecular formula is C15H24N4O. The van der Waals surface area contributed by atoms with E-state index in [4.69, 9.17) is 0 Å². The highest BCUT2D eigenvalue weighted by atomic mass is 16.2. The Kier molecular flexibility index (Phi) is 4.95. The zero-order valence-electron chi connectivity index (χ0n) is 12.5. The van der Waals surface area contributed by atoms with Crippen molar-refractivity contribution in [1.29, 1.82) is 0 Å². The summed E-state index contributed by atoms with van der Waals surface area (Å²) in [5.74, 6) is 0.750. The third-order valence-corrected chi connectivity index (χ3v) is 3.58. The van der Waals surface area contributed by atoms with Gasteiger partial charge in [0.2, 0.25) is 0 Å². The minimum absolute atomic E-state index is 0.0706. The predicted molar refractivity (Wildman–Crippen MR) is 81.0 cm³/mol. The molecule has 110 valence electrons. The van der Waals surface area contributed by atoms with E-state index in [1.807, 2.05) is 37.9 Å². The Bertz CT molecular complexity index is 461. The Morgan fingerprint density at radius 1 is 1.50 bits per heavy atom. The van der Waals surface area contributed by atoms with E-state index in [1.165, 1.54) is 0 Å². The summed E-state index contributed by atoms with van der Waals surface area (Å²) in [6.45, 7) is 5.68. The molecule has 0 unspecified atom stereocenters. The summed E-state index contributed by atoms with van der Waals surface area (Å²) in [5, 5.41) is 6.51. The van der Waals surface area contributed by atoms with E-state index in [-0.39, 0.29) is 11.9 Å². The molecule has 2 N–H and O–H groups in total. The van der Waals surface area contributed by atoms with Gasteiger partial charge in [0.1, 0.15) is 5.82 Å². The van der Waals surface area contributed by atoms with E-state index >= 15 is 0 Å². The number of piperidine rings is 1. The van der Waals surface area contributed by atoms with Crippen molar-refractivity contribution in [3.8, 4) is 0 Å². The summed E-state index contributed by atoms with van der Waals surface area (Å²) in [7, 11) is 1.95. The molecule has 0 saturated carbocycles. The molecule has 5 nitrogen and oxygen atoms in total. The molecule has 1 fully saturated rings. The molecule has 1 saturated heterocycles. The fourth-order valence-electron chi connectivity index (χ4n) is 2.53. The molecule has 1 aromatic rings. The molecule has 1 aliphatic heterocycles. The first-order valence-corrected chi connectivity index (χ1v) is 7.30. The van der Waals surface area contributed by atoms with Gasteiger partial charge in [0.15, 0.2) is 0 Å². The number of nitrogens with zero attached hydrogens (tertiary/aromatic N) is 2. The number of amides is 1. The van der Waals surface area contributed by atoms with Crippen LogP contribution in [0.15, 0.2) is 18.3 Å². The minimum atomic E-state index is 0.0706. The maximum Gasteiger partial charge on any atom is 0.257 e. The third-order valence-electron chi connectivity index (χ3n) is 3.58. The van der Waals surface area contributed by atoms with E-state index in [0.29, 0.717) is 17.4 Å². The summed E-state index contributed by atoms with van der Waals surface area (Å²) in [6, 6.07) is 4.31. The maximum absolute atomic E-state index is 12.7. The molecule has 5 heteroatoms. The molecule has 1 aliphatic rings. The van der Waals surface area contributed by atoms with Crippen LogP contribution < -0.4 is 10.6 Å². The van der Waals surface area contributed by atoms with Crippen LogP contribution in [0.1, 0.15) is 37.0 Å². The van der Waals surface area contributed by atoms with Crippen molar-refractivity contribution in [2.24, 2.45) is 0 Å². The fourth-order valence-corrected chi connectivity index (χ4v) is 2.53. The molecule has 0 radical (unpaired) electrons. The molecule has 20 heavy (non-hydrogen) atoms. The van der Waals surface area contributed by atoms with Crippen LogP contribution in [0.2, 0.25) is 0 Å². The molecule has 0 aliphatic carbocycles. The van der Waals surface area contributed by atoms with Gasteiger partial charge in [0.25, 0.3) is 5.91 Å². The SMILES string of the molecule is CN[C@@H]1CCCN(C(=O)c2cccnc2NC(C)C)C1. The first-order valence-electron chi connectivity index (χ1n) is 7.30. The second-order valence-corrected chi connectivity index (χ2v) is 5.58. The highest BCUT2D eigenvalue weighted by molar-refractivity contribution is 5.98. The van der Waals surface area contributed by atoms with Crippen LogP contribution >= 0.6 is 0 Å². The van der Waals surface area contributed by atoms with Crippen molar-refractivity contribution in [1.82, 2.24) is 15.2 Å². The van der Waals surface area contributed by atoms with Gasteiger partial charge in [-0.05, 0) is 45.9 Å². The van der Waals surface area contributed by atoms with E-state index in [9.17, 15) is 4.79 Å². The first-order chi connectivity index (χ1) is 9.61. The van der Waals surface area contributed by atoms with Crippen LogP contribution in [0, 0.1) is 0 Å². The molecule has 1 amide bonds. The molecule has 2 rings (SSSR count). The topological polar surface area (TPSA) is 57.3 Å². The van der Waals surface area contributed by atoms with Crippen LogP contribution in [0.25, 0.3) is 0 Å². The monoisotopic (exact) mass is 276 g/mol. The van der Waals surface area contributed by atoms with Crippen LogP contribution in [0.4, 0.5) is 5.82 Å². The average molecular weight is 276 g/mol. The van der Waals surface area contributed by atoms with Gasteiger partial charge in [0, 0.05) is 31.4 Å². The normalized spacial score (nSPS) is 19.2. The number of nitrogens with one attached hydrogen (secondary N) is 2. The number of pyridine rings is 1. The number of likely N-dealkylation sites (N-methyl/N-ethyl adjacent to an activating group) is 1. The smallest absolute Gasteiger partial charge is 0.257 e. The summed E-state index contributed by atoms with van der Waals surface area (Å²) in [5.41, 5.74) is 0.665. The number of hydrogen-bond donors (Lipinski definition) is 2. The van der Waals surface area contributed by atoms with Crippen molar-refractivity contribution >= 4 is 11.7 Å². The van der Waals surface area contributed by atoms with Crippen LogP contribution in [-0.2, 0) is 0 Å². The van der Waals surface area contributed by atoms with Crippen LogP contribution in [0.5, 0.6) is 0 Å². The Labute approximate surface area is 120 Å². The van der Waals surface area contributed by atoms with Gasteiger partial charge in [-0.15, -0.1) is 0 Å². The number of rotatable bonds is 4. The number of hydrogen-bond acceptors (Lipinski definition) is 4. The quantitative estimate of drug-likeness (QED) is 0.879. The van der Waals surface area contributed by atoms with Crippen molar-refractivity contribution in [3.05, 3.63) is 23.9 Å². The lowest BCUT2D eigenvalue weighted by molar-refractivity contribution is 0.0699. The lowest BCUT2D eigenvalue weighted by Crippen LogP contribution is -2.47. The Morgan fingerprint density at radius 2 is 2.30 bits per heavy atom. The Hall–Kier alpha value is -1.62. The third kappa shape index (κ3) is 3.48. The minimum Gasteiger partial charge on any atom is -0.367 e. The first kappa shape index (κ1) is 14.8. The summed E-state index contributed by atoms with van der Waals surface area (Å²) in [4.78, 5) is 18.9. The van der Waals surface area contributed by atoms with Crippen molar-refractivity contribution in [3.63, 3.8) is 0 Å². The summed E-state index contributed by atoms with van der Waals surface area (Å²) in [6.07, 6.45) is 3.89. The van der Waals surface area contributed by atoms with E-state index < -0.39 is 0 Å². The van der Waals surface area contributed by atoms with Crippen molar-refractivity contribution in [2.75, 3.05) is 25.5 Å². The lowest BCUT2D eigenvalue weighted by atomic mass is 10.0. The predicted octanol–water partition coefficient (Wildman–Crippen LogP) is 1.73. The molecule has 0 spiro atoms. The zero-order valence-corrected chi connectivity index (χ0v) is 12.5. The second kappa shape index (κ2) is 6.70. The number of likely N-dealkylation sites (tertiary alicyclic amines) is 1. The lowest BCUT2D eigenvalue weighted by Gasteiger charge is -2.33. The molecule has 1 atom stereocenters. The fraction of sp³-hybridized carbons (Fsp3) is 0.600. The van der Waals surface area contributed by atoms with Gasteiger partial charge in [-0.2, -0.15) is 0 Å². The van der Waals surface area contributed by atoms with Crippen molar-refractivity contribution < 1.29 is 4.79 Å². The van der Waals surface area contributed by atoms with Crippen LogP contribution in [-0.4, -0.2) is 48.0 Å². The van der Waals surface area contributed by atoms with Crippen molar-refractivity contribution in [2.45, 2.75) is 38.8 Å². The Morgan fingerprint density at radius 3 is 3.00 bits per heavy atom. The average Bonchev–Trinajstić information content (AvgIpc) is 2.46. The highest BCUT2D eigenvalue weighted by Gasteiger charge is 2.25. The number of aromatic nitrogens is 1. The number of carbonyl (C=O) groups excluding carboxylic acids is 1. The number of anilines is 1. The van der Waals surface area contributed by atoms with E-state index in [2.05, 4.69) is 15.6 Å². The van der Waals surface area contributed by atoms with E-state index in [1.54, 1.807) is 6.20 Å². The van der Waals surface area contributed by atoms with Gasteiger partial charge in [-0.25, -0.2) is 4.98 Å². The van der Waals surface area contributed by atoms with Gasteiger partial charge in [-0.3, -0.25) is 4.79 Å².